The van der Waals surface area contributed by atoms with Gasteiger partial charge in [0.25, 0.3) is 0 Å². The van der Waals surface area contributed by atoms with Crippen molar-refractivity contribution in [3.8, 4) is 11.4 Å². The Morgan fingerprint density at radius 3 is 2.65 bits per heavy atom. The van der Waals surface area contributed by atoms with Crippen molar-refractivity contribution in [1.29, 1.82) is 0 Å². The second kappa shape index (κ2) is 5.97. The molecule has 0 fully saturated rings. The molecular formula is C16H12ClIN2. The number of hydrogen-bond donors (Lipinski definition) is 0. The Morgan fingerprint density at radius 2 is 1.90 bits per heavy atom. The Hall–Kier alpha value is -1.33. The van der Waals surface area contributed by atoms with Gasteiger partial charge in [-0.15, -0.1) is 0 Å². The molecular weight excluding hydrogens is 383 g/mol. The van der Waals surface area contributed by atoms with Gasteiger partial charge in [0.2, 0.25) is 0 Å². The van der Waals surface area contributed by atoms with Crippen molar-refractivity contribution in [2.75, 3.05) is 0 Å². The Bertz CT molecular complexity index is 719. The summed E-state index contributed by atoms with van der Waals surface area (Å²) in [5.74, 6) is 0.985. The zero-order chi connectivity index (χ0) is 13.9. The van der Waals surface area contributed by atoms with Crippen molar-refractivity contribution in [1.82, 2.24) is 9.55 Å². The number of benzene rings is 2. The Morgan fingerprint density at radius 1 is 1.10 bits per heavy atom. The highest BCUT2D eigenvalue weighted by atomic mass is 127. The van der Waals surface area contributed by atoms with E-state index in [9.17, 15) is 0 Å². The molecule has 0 aliphatic rings. The van der Waals surface area contributed by atoms with Crippen LogP contribution >= 0.6 is 34.2 Å². The lowest BCUT2D eigenvalue weighted by atomic mass is 10.2. The van der Waals surface area contributed by atoms with Crippen LogP contribution in [0.1, 0.15) is 5.56 Å². The van der Waals surface area contributed by atoms with E-state index in [4.69, 9.17) is 11.6 Å². The Labute approximate surface area is 136 Å². The summed E-state index contributed by atoms with van der Waals surface area (Å²) in [6.45, 7) is 0.790. The molecule has 3 aromatic rings. The minimum atomic E-state index is 0.761. The maximum atomic E-state index is 5.92. The lowest BCUT2D eigenvalue weighted by Gasteiger charge is -2.08. The molecule has 2 aromatic carbocycles. The maximum absolute atomic E-state index is 5.92. The van der Waals surface area contributed by atoms with Gasteiger partial charge in [-0.1, -0.05) is 35.9 Å². The van der Waals surface area contributed by atoms with E-state index in [-0.39, 0.29) is 0 Å². The number of halogens is 2. The van der Waals surface area contributed by atoms with E-state index < -0.39 is 0 Å². The molecule has 2 nitrogen and oxygen atoms in total. The summed E-state index contributed by atoms with van der Waals surface area (Å²) in [6, 6.07) is 16.3. The van der Waals surface area contributed by atoms with Crippen LogP contribution in [0.25, 0.3) is 11.4 Å². The highest BCUT2D eigenvalue weighted by molar-refractivity contribution is 14.1. The molecule has 1 aromatic heterocycles. The van der Waals surface area contributed by atoms with Gasteiger partial charge in [-0.3, -0.25) is 0 Å². The zero-order valence-corrected chi connectivity index (χ0v) is 13.5. The van der Waals surface area contributed by atoms with Crippen molar-refractivity contribution in [3.63, 3.8) is 0 Å². The summed E-state index contributed by atoms with van der Waals surface area (Å²) in [5, 5.41) is 0.761. The summed E-state index contributed by atoms with van der Waals surface area (Å²) in [7, 11) is 0. The van der Waals surface area contributed by atoms with Gasteiger partial charge in [0, 0.05) is 33.1 Å². The third-order valence-electron chi connectivity index (χ3n) is 3.06. The molecule has 0 atom stereocenters. The number of hydrogen-bond acceptors (Lipinski definition) is 1. The van der Waals surface area contributed by atoms with Crippen LogP contribution in [0.15, 0.2) is 60.9 Å². The van der Waals surface area contributed by atoms with Crippen molar-refractivity contribution in [2.45, 2.75) is 6.54 Å². The smallest absolute Gasteiger partial charge is 0.140 e. The lowest BCUT2D eigenvalue weighted by Crippen LogP contribution is -2.01. The first-order valence-electron chi connectivity index (χ1n) is 6.24. The molecule has 0 saturated carbocycles. The summed E-state index contributed by atoms with van der Waals surface area (Å²) < 4.78 is 3.36. The van der Waals surface area contributed by atoms with Gasteiger partial charge in [-0.05, 0) is 52.4 Å². The first-order valence-corrected chi connectivity index (χ1v) is 7.69. The monoisotopic (exact) mass is 394 g/mol. The fraction of sp³-hybridized carbons (Fsp3) is 0.0625. The number of nitrogens with zero attached hydrogens (tertiary/aromatic N) is 2. The molecule has 20 heavy (non-hydrogen) atoms. The molecule has 0 aliphatic carbocycles. The topological polar surface area (TPSA) is 17.8 Å². The van der Waals surface area contributed by atoms with E-state index in [2.05, 4.69) is 56.4 Å². The molecule has 1 heterocycles. The van der Waals surface area contributed by atoms with Crippen molar-refractivity contribution < 1.29 is 0 Å². The average Bonchev–Trinajstić information content (AvgIpc) is 2.89. The summed E-state index contributed by atoms with van der Waals surface area (Å²) in [4.78, 5) is 4.47. The van der Waals surface area contributed by atoms with Gasteiger partial charge in [0.15, 0.2) is 0 Å². The zero-order valence-electron chi connectivity index (χ0n) is 10.6. The molecule has 0 N–H and O–H groups in total. The predicted octanol–water partition coefficient (Wildman–Crippen LogP) is 4.86. The van der Waals surface area contributed by atoms with Crippen LogP contribution in [0.3, 0.4) is 0 Å². The van der Waals surface area contributed by atoms with E-state index >= 15 is 0 Å². The van der Waals surface area contributed by atoms with Crippen LogP contribution in [0.4, 0.5) is 0 Å². The fourth-order valence-corrected chi connectivity index (χ4v) is 2.78. The van der Waals surface area contributed by atoms with E-state index in [1.54, 1.807) is 0 Å². The molecule has 0 amide bonds. The number of imidazole rings is 1. The third-order valence-corrected chi connectivity index (χ3v) is 3.99. The minimum Gasteiger partial charge on any atom is -0.327 e. The van der Waals surface area contributed by atoms with Crippen LogP contribution in [-0.2, 0) is 6.54 Å². The lowest BCUT2D eigenvalue weighted by molar-refractivity contribution is 0.807. The molecule has 3 rings (SSSR count). The first-order chi connectivity index (χ1) is 9.72. The molecule has 0 saturated heterocycles. The molecule has 0 unspecified atom stereocenters. The standard InChI is InChI=1S/C16H12ClIN2/c17-14-6-4-12(5-7-14)11-20-9-8-19-16(20)13-2-1-3-15(18)10-13/h1-10H,11H2. The van der Waals surface area contributed by atoms with Crippen LogP contribution in [0.5, 0.6) is 0 Å². The van der Waals surface area contributed by atoms with Gasteiger partial charge >= 0.3 is 0 Å². The van der Waals surface area contributed by atoms with Crippen LogP contribution in [0, 0.1) is 3.57 Å². The van der Waals surface area contributed by atoms with Gasteiger partial charge in [-0.25, -0.2) is 4.98 Å². The third kappa shape index (κ3) is 3.04. The second-order valence-corrected chi connectivity index (χ2v) is 6.20. The molecule has 0 spiro atoms. The van der Waals surface area contributed by atoms with Gasteiger partial charge in [0.05, 0.1) is 0 Å². The average molecular weight is 395 g/mol. The van der Waals surface area contributed by atoms with Crippen LogP contribution < -0.4 is 0 Å². The Kier molecular flexibility index (Phi) is 4.08. The van der Waals surface area contributed by atoms with Crippen LogP contribution in [-0.4, -0.2) is 9.55 Å². The van der Waals surface area contributed by atoms with E-state index in [1.807, 2.05) is 36.7 Å². The van der Waals surface area contributed by atoms with E-state index in [0.29, 0.717) is 0 Å². The summed E-state index contributed by atoms with van der Waals surface area (Å²) in [6.07, 6.45) is 3.84. The van der Waals surface area contributed by atoms with Crippen molar-refractivity contribution >= 4 is 34.2 Å². The normalized spacial score (nSPS) is 10.7. The molecule has 100 valence electrons. The van der Waals surface area contributed by atoms with Gasteiger partial charge in [0.1, 0.15) is 5.82 Å². The highest BCUT2D eigenvalue weighted by Gasteiger charge is 2.06. The second-order valence-electron chi connectivity index (χ2n) is 4.52. The van der Waals surface area contributed by atoms with Crippen molar-refractivity contribution in [3.05, 3.63) is 75.1 Å². The van der Waals surface area contributed by atoms with E-state index in [0.717, 1.165) is 23.0 Å². The predicted molar refractivity (Wildman–Crippen MR) is 90.9 cm³/mol. The van der Waals surface area contributed by atoms with Crippen molar-refractivity contribution in [2.24, 2.45) is 0 Å². The Balaban J connectivity index is 1.92. The fourth-order valence-electron chi connectivity index (χ4n) is 2.11. The quantitative estimate of drug-likeness (QED) is 0.580. The van der Waals surface area contributed by atoms with E-state index in [1.165, 1.54) is 9.13 Å². The molecule has 4 heteroatoms. The molecule has 0 aliphatic heterocycles. The van der Waals surface area contributed by atoms with Gasteiger partial charge in [-0.2, -0.15) is 0 Å². The van der Waals surface area contributed by atoms with Crippen LogP contribution in [0.2, 0.25) is 5.02 Å². The number of aromatic nitrogens is 2. The number of rotatable bonds is 3. The minimum absolute atomic E-state index is 0.761. The van der Waals surface area contributed by atoms with Gasteiger partial charge < -0.3 is 4.57 Å². The molecule has 0 radical (unpaired) electrons. The maximum Gasteiger partial charge on any atom is 0.140 e. The summed E-state index contributed by atoms with van der Waals surface area (Å²) >= 11 is 8.24. The molecule has 0 bridgehead atoms. The highest BCUT2D eigenvalue weighted by Crippen LogP contribution is 2.21. The largest absolute Gasteiger partial charge is 0.327 e. The SMILES string of the molecule is Clc1ccc(Cn2ccnc2-c2cccc(I)c2)cc1. The first kappa shape index (κ1) is 13.6. The summed E-state index contributed by atoms with van der Waals surface area (Å²) in [5.41, 5.74) is 2.34.